The van der Waals surface area contributed by atoms with E-state index in [1.54, 1.807) is 4.90 Å². The van der Waals surface area contributed by atoms with Crippen LogP contribution in [0, 0.1) is 23.7 Å². The molecular weight excluding hydrogens is 268 g/mol. The molecule has 0 aromatic rings. The van der Waals surface area contributed by atoms with Gasteiger partial charge < -0.3 is 15.7 Å². The van der Waals surface area contributed by atoms with Gasteiger partial charge in [0.05, 0.1) is 0 Å². The summed E-state index contributed by atoms with van der Waals surface area (Å²) in [5.41, 5.74) is 5.83. The van der Waals surface area contributed by atoms with Crippen LogP contribution in [0.5, 0.6) is 0 Å². The number of hydrogen-bond donors (Lipinski definition) is 2. The lowest BCUT2D eigenvalue weighted by atomic mass is 9.78. The number of nitrogens with two attached hydrogens (primary N) is 1. The molecule has 5 nitrogen and oxygen atoms in total. The summed E-state index contributed by atoms with van der Waals surface area (Å²) in [5, 5.41) is 9.58. The second-order valence-corrected chi connectivity index (χ2v) is 7.02. The van der Waals surface area contributed by atoms with Gasteiger partial charge in [-0.15, -0.1) is 0 Å². The van der Waals surface area contributed by atoms with Crippen molar-refractivity contribution >= 4 is 11.9 Å². The fraction of sp³-hybridized carbons (Fsp3) is 0.875. The maximum absolute atomic E-state index is 12.9. The Hall–Kier alpha value is -1.10. The number of aliphatic carboxylic acids is 1. The molecule has 1 saturated heterocycles. The third-order valence-corrected chi connectivity index (χ3v) is 5.96. The zero-order chi connectivity index (χ0) is 15.0. The Bertz CT molecular complexity index is 426. The summed E-state index contributed by atoms with van der Waals surface area (Å²) in [5.74, 6) is -0.00305. The van der Waals surface area contributed by atoms with Crippen LogP contribution in [0.3, 0.4) is 0 Å². The highest BCUT2D eigenvalue weighted by atomic mass is 16.4. The molecule has 0 aromatic carbocycles. The van der Waals surface area contributed by atoms with Crippen molar-refractivity contribution in [3.8, 4) is 0 Å². The van der Waals surface area contributed by atoms with Crippen LogP contribution in [-0.4, -0.2) is 41.0 Å². The summed E-state index contributed by atoms with van der Waals surface area (Å²) in [6.45, 7) is 1.18. The second kappa shape index (κ2) is 5.95. The Morgan fingerprint density at radius 3 is 2.57 bits per heavy atom. The van der Waals surface area contributed by atoms with Gasteiger partial charge in [-0.2, -0.15) is 0 Å². The number of carbonyl (C=O) groups excluding carboxylic acids is 1. The lowest BCUT2D eigenvalue weighted by Gasteiger charge is -2.34. The predicted octanol–water partition coefficient (Wildman–Crippen LogP) is 1.46. The molecule has 1 heterocycles. The number of carboxylic acids is 1. The quantitative estimate of drug-likeness (QED) is 0.825. The SMILES string of the molecule is NCC1CCCCC1C(=O)N1CC2CCCC2C1C(=O)O. The molecule has 1 aliphatic heterocycles. The minimum Gasteiger partial charge on any atom is -0.480 e. The molecule has 1 amide bonds. The van der Waals surface area contributed by atoms with E-state index in [2.05, 4.69) is 0 Å². The van der Waals surface area contributed by atoms with Crippen molar-refractivity contribution in [3.63, 3.8) is 0 Å². The van der Waals surface area contributed by atoms with Gasteiger partial charge >= 0.3 is 5.97 Å². The number of amides is 1. The second-order valence-electron chi connectivity index (χ2n) is 7.02. The van der Waals surface area contributed by atoms with E-state index in [9.17, 15) is 14.7 Å². The number of carboxylic acid groups (broad SMARTS) is 1. The van der Waals surface area contributed by atoms with Crippen LogP contribution in [0.2, 0.25) is 0 Å². The largest absolute Gasteiger partial charge is 0.480 e. The molecule has 2 saturated carbocycles. The molecular formula is C16H26N2O3. The number of fused-ring (bicyclic) bond motifs is 1. The van der Waals surface area contributed by atoms with Crippen molar-refractivity contribution in [2.75, 3.05) is 13.1 Å². The molecule has 5 unspecified atom stereocenters. The first-order valence-electron chi connectivity index (χ1n) is 8.36. The Kier molecular flexibility index (Phi) is 4.20. The summed E-state index contributed by atoms with van der Waals surface area (Å²) in [6.07, 6.45) is 7.21. The van der Waals surface area contributed by atoms with Crippen molar-refractivity contribution in [3.05, 3.63) is 0 Å². The molecule has 0 aromatic heterocycles. The van der Waals surface area contributed by atoms with Gasteiger partial charge in [0.1, 0.15) is 6.04 Å². The van der Waals surface area contributed by atoms with E-state index in [1.165, 1.54) is 0 Å². The third-order valence-electron chi connectivity index (χ3n) is 5.96. The van der Waals surface area contributed by atoms with Crippen LogP contribution < -0.4 is 5.73 Å². The smallest absolute Gasteiger partial charge is 0.326 e. The Morgan fingerprint density at radius 2 is 1.86 bits per heavy atom. The zero-order valence-corrected chi connectivity index (χ0v) is 12.5. The van der Waals surface area contributed by atoms with E-state index in [4.69, 9.17) is 5.73 Å². The van der Waals surface area contributed by atoms with Gasteiger partial charge in [0.25, 0.3) is 0 Å². The summed E-state index contributed by atoms with van der Waals surface area (Å²) >= 11 is 0. The first-order chi connectivity index (χ1) is 10.1. The minimum absolute atomic E-state index is 0.0515. The van der Waals surface area contributed by atoms with E-state index in [0.717, 1.165) is 44.9 Å². The maximum Gasteiger partial charge on any atom is 0.326 e. The van der Waals surface area contributed by atoms with E-state index < -0.39 is 12.0 Å². The highest BCUT2D eigenvalue weighted by Crippen LogP contribution is 2.44. The predicted molar refractivity (Wildman–Crippen MR) is 78.5 cm³/mol. The topological polar surface area (TPSA) is 83.6 Å². The van der Waals surface area contributed by atoms with Crippen molar-refractivity contribution in [1.29, 1.82) is 0 Å². The van der Waals surface area contributed by atoms with Crippen LogP contribution in [-0.2, 0) is 9.59 Å². The maximum atomic E-state index is 12.9. The molecule has 3 rings (SSSR count). The standard InChI is InChI=1S/C16H26N2O3/c17-8-10-4-1-2-6-13(10)15(19)18-9-11-5-3-7-12(11)14(18)16(20)21/h10-14H,1-9,17H2,(H,20,21). The van der Waals surface area contributed by atoms with Gasteiger partial charge in [-0.1, -0.05) is 19.3 Å². The lowest BCUT2D eigenvalue weighted by Crippen LogP contribution is -2.48. The Morgan fingerprint density at radius 1 is 1.10 bits per heavy atom. The summed E-state index contributed by atoms with van der Waals surface area (Å²) in [4.78, 5) is 26.3. The van der Waals surface area contributed by atoms with E-state index in [0.29, 0.717) is 19.0 Å². The van der Waals surface area contributed by atoms with Gasteiger partial charge in [-0.3, -0.25) is 4.79 Å². The Balaban J connectivity index is 1.78. The minimum atomic E-state index is -0.821. The van der Waals surface area contributed by atoms with E-state index in [-0.39, 0.29) is 23.7 Å². The first kappa shape index (κ1) is 14.8. The molecule has 0 spiro atoms. The van der Waals surface area contributed by atoms with Gasteiger partial charge in [0.2, 0.25) is 5.91 Å². The van der Waals surface area contributed by atoms with Gasteiger partial charge in [0.15, 0.2) is 0 Å². The van der Waals surface area contributed by atoms with Crippen molar-refractivity contribution in [2.24, 2.45) is 29.4 Å². The number of nitrogens with zero attached hydrogens (tertiary/aromatic N) is 1. The molecule has 3 fully saturated rings. The highest BCUT2D eigenvalue weighted by molar-refractivity contribution is 5.86. The van der Waals surface area contributed by atoms with Crippen molar-refractivity contribution in [1.82, 2.24) is 4.90 Å². The van der Waals surface area contributed by atoms with E-state index in [1.807, 2.05) is 0 Å². The zero-order valence-electron chi connectivity index (χ0n) is 12.5. The van der Waals surface area contributed by atoms with Crippen molar-refractivity contribution in [2.45, 2.75) is 51.0 Å². The number of likely N-dealkylation sites (tertiary alicyclic amines) is 1. The molecule has 5 atom stereocenters. The molecule has 5 heteroatoms. The average Bonchev–Trinajstić information content (AvgIpc) is 3.06. The average molecular weight is 294 g/mol. The van der Waals surface area contributed by atoms with Gasteiger partial charge in [-0.05, 0) is 50.0 Å². The first-order valence-corrected chi connectivity index (χ1v) is 8.36. The van der Waals surface area contributed by atoms with Gasteiger partial charge in [-0.25, -0.2) is 4.79 Å². The van der Waals surface area contributed by atoms with Crippen LogP contribution in [0.15, 0.2) is 0 Å². The van der Waals surface area contributed by atoms with E-state index >= 15 is 0 Å². The Labute approximate surface area is 125 Å². The normalized spacial score (nSPS) is 39.3. The lowest BCUT2D eigenvalue weighted by molar-refractivity contribution is -0.152. The molecule has 21 heavy (non-hydrogen) atoms. The van der Waals surface area contributed by atoms with Crippen LogP contribution >= 0.6 is 0 Å². The third kappa shape index (κ3) is 2.56. The van der Waals surface area contributed by atoms with Gasteiger partial charge in [0, 0.05) is 12.5 Å². The molecule has 3 aliphatic rings. The fourth-order valence-corrected chi connectivity index (χ4v) is 4.88. The van der Waals surface area contributed by atoms with Crippen molar-refractivity contribution < 1.29 is 14.7 Å². The highest BCUT2D eigenvalue weighted by Gasteiger charge is 2.51. The molecule has 3 N–H and O–H groups in total. The molecule has 118 valence electrons. The van der Waals surface area contributed by atoms with Crippen LogP contribution in [0.1, 0.15) is 44.9 Å². The molecule has 2 aliphatic carbocycles. The number of hydrogen-bond acceptors (Lipinski definition) is 3. The molecule has 0 bridgehead atoms. The monoisotopic (exact) mass is 294 g/mol. The fourth-order valence-electron chi connectivity index (χ4n) is 4.88. The van der Waals surface area contributed by atoms with Crippen LogP contribution in [0.4, 0.5) is 0 Å². The summed E-state index contributed by atoms with van der Waals surface area (Å²) in [6, 6.07) is -0.592. The summed E-state index contributed by atoms with van der Waals surface area (Å²) in [7, 11) is 0. The molecule has 0 radical (unpaired) electrons. The number of carbonyl (C=O) groups is 2. The number of rotatable bonds is 3. The van der Waals surface area contributed by atoms with Crippen LogP contribution in [0.25, 0.3) is 0 Å². The summed E-state index contributed by atoms with van der Waals surface area (Å²) < 4.78 is 0.